The standard InChI is InChI=1S/C18H20N2O6.C3H4N2/c1-9(2)26-18(23)15-11(4)19-10(3)14(17(21)22)16(15)12-6-5-7-13(8-12)20(24)25;1-2-5-3-4-1/h5-9,16,19H,1-4H3,(H,21,22);1-3H,(H,4,5). The molecule has 2 aromatic rings. The number of hydrogen-bond donors (Lipinski definition) is 3. The monoisotopic (exact) mass is 428 g/mol. The topological polar surface area (TPSA) is 147 Å². The van der Waals surface area contributed by atoms with Gasteiger partial charge in [-0.15, -0.1) is 0 Å². The summed E-state index contributed by atoms with van der Waals surface area (Å²) < 4.78 is 5.27. The number of imidazole rings is 1. The summed E-state index contributed by atoms with van der Waals surface area (Å²) in [7, 11) is 0. The van der Waals surface area contributed by atoms with Crippen molar-refractivity contribution in [1.29, 1.82) is 0 Å². The number of allylic oxidation sites excluding steroid dienone is 2. The quantitative estimate of drug-likeness (QED) is 0.373. The molecule has 1 unspecified atom stereocenters. The molecule has 0 saturated heterocycles. The number of nitrogens with zero attached hydrogens (tertiary/aromatic N) is 2. The Kier molecular flexibility index (Phi) is 7.67. The molecule has 0 fully saturated rings. The van der Waals surface area contributed by atoms with Crippen molar-refractivity contribution >= 4 is 17.6 Å². The van der Waals surface area contributed by atoms with Crippen molar-refractivity contribution in [2.24, 2.45) is 0 Å². The molecule has 3 rings (SSSR count). The van der Waals surface area contributed by atoms with E-state index in [0.717, 1.165) is 0 Å². The smallest absolute Gasteiger partial charge is 0.337 e. The Morgan fingerprint density at radius 3 is 2.39 bits per heavy atom. The van der Waals surface area contributed by atoms with Crippen LogP contribution >= 0.6 is 0 Å². The fourth-order valence-electron chi connectivity index (χ4n) is 3.19. The van der Waals surface area contributed by atoms with Crippen LogP contribution in [0.25, 0.3) is 0 Å². The number of nitro groups is 1. The minimum absolute atomic E-state index is 0.0493. The third-order valence-electron chi connectivity index (χ3n) is 4.37. The second-order valence-corrected chi connectivity index (χ2v) is 7.01. The first-order chi connectivity index (χ1) is 14.6. The molecule has 1 aliphatic rings. The first kappa shape index (κ1) is 23.3. The van der Waals surface area contributed by atoms with E-state index in [2.05, 4.69) is 15.3 Å². The average Bonchev–Trinajstić information content (AvgIpc) is 3.26. The number of ether oxygens (including phenoxy) is 1. The lowest BCUT2D eigenvalue weighted by atomic mass is 9.80. The van der Waals surface area contributed by atoms with Crippen molar-refractivity contribution in [3.63, 3.8) is 0 Å². The van der Waals surface area contributed by atoms with E-state index in [1.165, 1.54) is 18.2 Å². The summed E-state index contributed by atoms with van der Waals surface area (Å²) in [5.41, 5.74) is 1.06. The molecule has 3 N–H and O–H groups in total. The number of carbonyl (C=O) groups excluding carboxylic acids is 1. The van der Waals surface area contributed by atoms with E-state index in [-0.39, 0.29) is 16.8 Å². The number of hydrogen-bond acceptors (Lipinski definition) is 7. The SMILES string of the molecule is CC1=C(C(=O)O)C(c2cccc([N+](=O)[O-])c2)C(C(=O)OC(C)C)=C(C)N1.c1c[nH]cn1. The van der Waals surface area contributed by atoms with E-state index in [9.17, 15) is 24.8 Å². The number of aliphatic carboxylic acids is 1. The molecular formula is C21H24N4O6. The molecule has 10 nitrogen and oxygen atoms in total. The lowest BCUT2D eigenvalue weighted by Crippen LogP contribution is -2.32. The molecule has 31 heavy (non-hydrogen) atoms. The van der Waals surface area contributed by atoms with Crippen molar-refractivity contribution in [1.82, 2.24) is 15.3 Å². The predicted octanol–water partition coefficient (Wildman–Crippen LogP) is 3.28. The van der Waals surface area contributed by atoms with Gasteiger partial charge in [0.1, 0.15) is 0 Å². The number of carboxylic acids is 1. The average molecular weight is 428 g/mol. The third-order valence-corrected chi connectivity index (χ3v) is 4.37. The zero-order valence-electron chi connectivity index (χ0n) is 17.6. The Bertz CT molecular complexity index is 1010. The number of carboxylic acid groups (broad SMARTS) is 1. The molecule has 1 aliphatic heterocycles. The molecule has 0 saturated carbocycles. The summed E-state index contributed by atoms with van der Waals surface area (Å²) in [6.45, 7) is 6.60. The molecule has 0 aliphatic carbocycles. The number of benzene rings is 1. The van der Waals surface area contributed by atoms with Gasteiger partial charge in [-0.05, 0) is 33.3 Å². The molecule has 0 bridgehead atoms. The van der Waals surface area contributed by atoms with Crippen molar-refractivity contribution in [3.8, 4) is 0 Å². The number of dihydropyridines is 1. The van der Waals surface area contributed by atoms with Crippen LogP contribution in [0.15, 0.2) is 65.5 Å². The summed E-state index contributed by atoms with van der Waals surface area (Å²) >= 11 is 0. The van der Waals surface area contributed by atoms with E-state index < -0.39 is 28.9 Å². The van der Waals surface area contributed by atoms with Gasteiger partial charge in [0, 0.05) is 35.9 Å². The second-order valence-electron chi connectivity index (χ2n) is 7.01. The largest absolute Gasteiger partial charge is 0.478 e. The number of rotatable bonds is 5. The van der Waals surface area contributed by atoms with Gasteiger partial charge in [-0.3, -0.25) is 10.1 Å². The Morgan fingerprint density at radius 2 is 1.90 bits per heavy atom. The first-order valence-corrected chi connectivity index (χ1v) is 9.43. The van der Waals surface area contributed by atoms with Gasteiger partial charge in [-0.1, -0.05) is 12.1 Å². The molecule has 10 heteroatoms. The number of nitro benzene ring substituents is 1. The van der Waals surface area contributed by atoms with Crippen LogP contribution in [0.5, 0.6) is 0 Å². The molecule has 1 aromatic carbocycles. The van der Waals surface area contributed by atoms with Gasteiger partial charge in [0.05, 0.1) is 34.4 Å². The summed E-state index contributed by atoms with van der Waals surface area (Å²) in [5, 5.41) is 23.7. The lowest BCUT2D eigenvalue weighted by Gasteiger charge is -2.30. The van der Waals surface area contributed by atoms with Crippen LogP contribution < -0.4 is 5.32 Å². The fraction of sp³-hybridized carbons (Fsp3) is 0.286. The molecule has 0 amide bonds. The highest BCUT2D eigenvalue weighted by atomic mass is 16.6. The summed E-state index contributed by atoms with van der Waals surface area (Å²) in [4.78, 5) is 41.4. The van der Waals surface area contributed by atoms with Crippen LogP contribution in [0.3, 0.4) is 0 Å². The van der Waals surface area contributed by atoms with Gasteiger partial charge >= 0.3 is 11.9 Å². The molecule has 0 radical (unpaired) electrons. The van der Waals surface area contributed by atoms with Crippen LogP contribution in [-0.4, -0.2) is 38.0 Å². The van der Waals surface area contributed by atoms with Gasteiger partial charge in [0.15, 0.2) is 0 Å². The predicted molar refractivity (Wildman–Crippen MR) is 112 cm³/mol. The van der Waals surface area contributed by atoms with Crippen molar-refractivity contribution < 1.29 is 24.4 Å². The normalized spacial score (nSPS) is 15.7. The van der Waals surface area contributed by atoms with Gasteiger partial charge in [0.25, 0.3) is 5.69 Å². The van der Waals surface area contributed by atoms with Crippen LogP contribution in [-0.2, 0) is 14.3 Å². The van der Waals surface area contributed by atoms with Gasteiger partial charge in [-0.25, -0.2) is 14.6 Å². The second kappa shape index (κ2) is 10.2. The zero-order valence-corrected chi connectivity index (χ0v) is 17.6. The zero-order chi connectivity index (χ0) is 23.1. The lowest BCUT2D eigenvalue weighted by molar-refractivity contribution is -0.384. The summed E-state index contributed by atoms with van der Waals surface area (Å²) in [6.07, 6.45) is 4.69. The number of carbonyl (C=O) groups is 2. The summed E-state index contributed by atoms with van der Waals surface area (Å²) in [5.74, 6) is -2.85. The maximum Gasteiger partial charge on any atom is 0.337 e. The molecule has 2 heterocycles. The van der Waals surface area contributed by atoms with Crippen LogP contribution in [0.4, 0.5) is 5.69 Å². The molecular weight excluding hydrogens is 404 g/mol. The minimum Gasteiger partial charge on any atom is -0.478 e. The number of nitrogens with one attached hydrogen (secondary N) is 2. The Labute approximate surface area is 178 Å². The van der Waals surface area contributed by atoms with Gasteiger partial charge < -0.3 is 20.1 Å². The Morgan fingerprint density at radius 1 is 1.23 bits per heavy atom. The maximum absolute atomic E-state index is 12.6. The van der Waals surface area contributed by atoms with E-state index in [4.69, 9.17) is 4.74 Å². The highest BCUT2D eigenvalue weighted by molar-refractivity contribution is 5.99. The van der Waals surface area contributed by atoms with Crippen molar-refractivity contribution in [3.05, 3.63) is 81.2 Å². The minimum atomic E-state index is -1.21. The molecule has 1 atom stereocenters. The van der Waals surface area contributed by atoms with E-state index in [1.54, 1.807) is 52.5 Å². The first-order valence-electron chi connectivity index (χ1n) is 9.43. The summed E-state index contributed by atoms with van der Waals surface area (Å²) in [6, 6.07) is 5.62. The third kappa shape index (κ3) is 5.78. The van der Waals surface area contributed by atoms with E-state index in [1.807, 2.05) is 0 Å². The van der Waals surface area contributed by atoms with Gasteiger partial charge in [0.2, 0.25) is 0 Å². The maximum atomic E-state index is 12.6. The number of aromatic amines is 1. The fourth-order valence-corrected chi connectivity index (χ4v) is 3.19. The Hall–Kier alpha value is -3.95. The van der Waals surface area contributed by atoms with Crippen LogP contribution in [0.1, 0.15) is 39.2 Å². The molecule has 0 spiro atoms. The highest BCUT2D eigenvalue weighted by Crippen LogP contribution is 2.39. The van der Waals surface area contributed by atoms with E-state index >= 15 is 0 Å². The molecule has 164 valence electrons. The van der Waals surface area contributed by atoms with Crippen LogP contribution in [0.2, 0.25) is 0 Å². The van der Waals surface area contributed by atoms with Crippen LogP contribution in [0, 0.1) is 10.1 Å². The number of non-ortho nitro benzene ring substituents is 1. The van der Waals surface area contributed by atoms with Crippen molar-refractivity contribution in [2.45, 2.75) is 39.7 Å². The highest BCUT2D eigenvalue weighted by Gasteiger charge is 2.38. The van der Waals surface area contributed by atoms with Crippen molar-refractivity contribution in [2.75, 3.05) is 0 Å². The van der Waals surface area contributed by atoms with Gasteiger partial charge in [-0.2, -0.15) is 0 Å². The molecule has 1 aromatic heterocycles. The Balaban J connectivity index is 0.000000597. The number of aromatic nitrogens is 2. The van der Waals surface area contributed by atoms with E-state index in [0.29, 0.717) is 17.0 Å². The number of esters is 1. The number of H-pyrrole nitrogens is 1.